The molecule has 2 aromatic carbocycles. The summed E-state index contributed by atoms with van der Waals surface area (Å²) in [6.07, 6.45) is 4.45. The van der Waals surface area contributed by atoms with Gasteiger partial charge in [-0.1, -0.05) is 71.4 Å². The second kappa shape index (κ2) is 10.5. The Morgan fingerprint density at radius 1 is 1.06 bits per heavy atom. The molecule has 166 valence electrons. The van der Waals surface area contributed by atoms with E-state index < -0.39 is 6.04 Å². The molecule has 3 rings (SSSR count). The van der Waals surface area contributed by atoms with Crippen molar-refractivity contribution in [3.63, 3.8) is 0 Å². The maximum Gasteiger partial charge on any atom is 0.242 e. The van der Waals surface area contributed by atoms with Gasteiger partial charge in [-0.05, 0) is 51.3 Å². The molecule has 6 heteroatoms. The molecule has 0 bridgehead atoms. The lowest BCUT2D eigenvalue weighted by Crippen LogP contribution is -2.50. The van der Waals surface area contributed by atoms with Crippen molar-refractivity contribution in [3.8, 4) is 0 Å². The van der Waals surface area contributed by atoms with Crippen LogP contribution in [-0.4, -0.2) is 28.8 Å². The van der Waals surface area contributed by atoms with Crippen LogP contribution in [0, 0.1) is 13.8 Å². The average Bonchev–Trinajstić information content (AvgIpc) is 3.19. The van der Waals surface area contributed by atoms with Crippen molar-refractivity contribution < 1.29 is 9.59 Å². The maximum absolute atomic E-state index is 13.4. The summed E-state index contributed by atoms with van der Waals surface area (Å²) in [7, 11) is 0. The van der Waals surface area contributed by atoms with Gasteiger partial charge in [-0.3, -0.25) is 9.59 Å². The minimum absolute atomic E-state index is 0.130. The van der Waals surface area contributed by atoms with E-state index in [1.165, 1.54) is 0 Å². The van der Waals surface area contributed by atoms with Crippen molar-refractivity contribution in [1.82, 2.24) is 10.2 Å². The molecule has 0 heterocycles. The molecule has 1 fully saturated rings. The van der Waals surface area contributed by atoms with Crippen LogP contribution in [0.5, 0.6) is 0 Å². The summed E-state index contributed by atoms with van der Waals surface area (Å²) in [4.78, 5) is 28.0. The van der Waals surface area contributed by atoms with Gasteiger partial charge in [0, 0.05) is 28.2 Å². The van der Waals surface area contributed by atoms with Crippen molar-refractivity contribution in [2.75, 3.05) is 0 Å². The maximum atomic E-state index is 13.4. The topological polar surface area (TPSA) is 49.4 Å². The molecule has 1 atom stereocenters. The molecule has 0 aromatic heterocycles. The minimum atomic E-state index is -0.633. The van der Waals surface area contributed by atoms with Crippen LogP contribution in [0.15, 0.2) is 36.4 Å². The molecular formula is C25H30Cl2N2O2. The Hall–Kier alpha value is -2.04. The minimum Gasteiger partial charge on any atom is -0.352 e. The molecule has 0 aliphatic heterocycles. The number of benzene rings is 2. The lowest BCUT2D eigenvalue weighted by atomic mass is 10.0. The van der Waals surface area contributed by atoms with Crippen LogP contribution in [0.1, 0.15) is 54.9 Å². The van der Waals surface area contributed by atoms with Crippen molar-refractivity contribution in [2.45, 2.75) is 71.5 Å². The Labute approximate surface area is 194 Å². The number of rotatable bonds is 7. The molecule has 2 amide bonds. The Kier molecular flexibility index (Phi) is 8.01. The zero-order valence-corrected chi connectivity index (χ0v) is 19.9. The predicted octanol–water partition coefficient (Wildman–Crippen LogP) is 5.63. The summed E-state index contributed by atoms with van der Waals surface area (Å²) in [6, 6.07) is 10.9. The third-order valence-electron chi connectivity index (χ3n) is 5.90. The van der Waals surface area contributed by atoms with Crippen molar-refractivity contribution >= 4 is 35.0 Å². The van der Waals surface area contributed by atoms with Gasteiger partial charge in [0.25, 0.3) is 0 Å². The van der Waals surface area contributed by atoms with Gasteiger partial charge in [0.05, 0.1) is 6.42 Å². The van der Waals surface area contributed by atoms with Gasteiger partial charge in [-0.15, -0.1) is 0 Å². The lowest BCUT2D eigenvalue weighted by molar-refractivity contribution is -0.140. The van der Waals surface area contributed by atoms with Crippen LogP contribution in [0.3, 0.4) is 0 Å². The Morgan fingerprint density at radius 2 is 1.65 bits per heavy atom. The first kappa shape index (κ1) is 23.6. The van der Waals surface area contributed by atoms with E-state index in [1.807, 2.05) is 26.0 Å². The highest BCUT2D eigenvalue weighted by Gasteiger charge is 2.29. The summed E-state index contributed by atoms with van der Waals surface area (Å²) in [5.74, 6) is -0.265. The predicted molar refractivity (Wildman–Crippen MR) is 126 cm³/mol. The molecule has 1 aliphatic rings. The summed E-state index contributed by atoms with van der Waals surface area (Å²) in [5, 5.41) is 4.08. The molecule has 1 unspecified atom stereocenters. The number of nitrogens with one attached hydrogen (secondary N) is 1. The smallest absolute Gasteiger partial charge is 0.242 e. The molecule has 1 saturated carbocycles. The van der Waals surface area contributed by atoms with E-state index in [1.54, 1.807) is 30.0 Å². The fourth-order valence-corrected chi connectivity index (χ4v) is 4.79. The first-order valence-electron chi connectivity index (χ1n) is 10.8. The van der Waals surface area contributed by atoms with Crippen LogP contribution in [0.2, 0.25) is 10.0 Å². The van der Waals surface area contributed by atoms with E-state index in [0.717, 1.165) is 42.4 Å². The number of hydrogen-bond donors (Lipinski definition) is 1. The summed E-state index contributed by atoms with van der Waals surface area (Å²) >= 11 is 12.8. The van der Waals surface area contributed by atoms with Crippen LogP contribution in [0.25, 0.3) is 0 Å². The third kappa shape index (κ3) is 6.24. The molecule has 2 aromatic rings. The monoisotopic (exact) mass is 460 g/mol. The summed E-state index contributed by atoms with van der Waals surface area (Å²) in [6.45, 7) is 5.98. The highest BCUT2D eigenvalue weighted by molar-refractivity contribution is 6.36. The van der Waals surface area contributed by atoms with Gasteiger partial charge in [-0.2, -0.15) is 0 Å². The lowest BCUT2D eigenvalue weighted by Gasteiger charge is -2.30. The molecule has 1 N–H and O–H groups in total. The first-order chi connectivity index (χ1) is 14.7. The summed E-state index contributed by atoms with van der Waals surface area (Å²) < 4.78 is 0. The Bertz CT molecular complexity index is 914. The van der Waals surface area contributed by atoms with Gasteiger partial charge in [0.2, 0.25) is 11.8 Å². The molecule has 4 nitrogen and oxygen atoms in total. The number of amides is 2. The van der Waals surface area contributed by atoms with Crippen molar-refractivity contribution in [3.05, 3.63) is 68.7 Å². The van der Waals surface area contributed by atoms with E-state index in [4.69, 9.17) is 23.2 Å². The first-order valence-corrected chi connectivity index (χ1v) is 11.6. The standard InChI is InChI=1S/C25H30Cl2N2O2/c1-16-11-17(2)13-19(12-16)14-24(30)29(15-21-22(26)9-6-10-23(21)27)18(3)25(31)28-20-7-4-5-8-20/h6,9-13,18,20H,4-5,7-8,14-15H2,1-3H3,(H,28,31). The fraction of sp³-hybridized carbons (Fsp3) is 0.440. The fourth-order valence-electron chi connectivity index (χ4n) is 4.28. The number of hydrogen-bond acceptors (Lipinski definition) is 2. The normalized spacial score (nSPS) is 15.0. The van der Waals surface area contributed by atoms with Crippen LogP contribution in [0.4, 0.5) is 0 Å². The van der Waals surface area contributed by atoms with Gasteiger partial charge in [-0.25, -0.2) is 0 Å². The van der Waals surface area contributed by atoms with Crippen molar-refractivity contribution in [2.24, 2.45) is 0 Å². The quantitative estimate of drug-likeness (QED) is 0.581. The summed E-state index contributed by atoms with van der Waals surface area (Å²) in [5.41, 5.74) is 3.80. The van der Waals surface area contributed by atoms with Gasteiger partial charge in [0.1, 0.15) is 6.04 Å². The van der Waals surface area contributed by atoms with E-state index in [-0.39, 0.29) is 30.8 Å². The van der Waals surface area contributed by atoms with Crippen LogP contribution < -0.4 is 5.32 Å². The molecular weight excluding hydrogens is 431 g/mol. The van der Waals surface area contributed by atoms with E-state index >= 15 is 0 Å². The van der Waals surface area contributed by atoms with E-state index in [2.05, 4.69) is 11.4 Å². The zero-order valence-electron chi connectivity index (χ0n) is 18.4. The van der Waals surface area contributed by atoms with Crippen LogP contribution >= 0.6 is 23.2 Å². The number of carbonyl (C=O) groups excluding carboxylic acids is 2. The Balaban J connectivity index is 1.85. The zero-order chi connectivity index (χ0) is 22.5. The van der Waals surface area contributed by atoms with Gasteiger partial charge >= 0.3 is 0 Å². The average molecular weight is 461 g/mol. The Morgan fingerprint density at radius 3 is 2.23 bits per heavy atom. The molecule has 1 aliphatic carbocycles. The third-order valence-corrected chi connectivity index (χ3v) is 6.60. The van der Waals surface area contributed by atoms with Crippen LogP contribution in [-0.2, 0) is 22.6 Å². The molecule has 0 saturated heterocycles. The number of aryl methyl sites for hydroxylation is 2. The van der Waals surface area contributed by atoms with E-state index in [9.17, 15) is 9.59 Å². The highest BCUT2D eigenvalue weighted by Crippen LogP contribution is 2.27. The highest BCUT2D eigenvalue weighted by atomic mass is 35.5. The SMILES string of the molecule is Cc1cc(C)cc(CC(=O)N(Cc2c(Cl)cccc2Cl)C(C)C(=O)NC2CCCC2)c1. The largest absolute Gasteiger partial charge is 0.352 e. The van der Waals surface area contributed by atoms with E-state index in [0.29, 0.717) is 15.6 Å². The number of carbonyl (C=O) groups is 2. The number of nitrogens with zero attached hydrogens (tertiary/aromatic N) is 1. The number of halogens is 2. The second-order valence-corrected chi connectivity index (χ2v) is 9.37. The second-order valence-electron chi connectivity index (χ2n) is 8.56. The molecule has 31 heavy (non-hydrogen) atoms. The molecule has 0 radical (unpaired) electrons. The van der Waals surface area contributed by atoms with Crippen molar-refractivity contribution in [1.29, 1.82) is 0 Å². The molecule has 0 spiro atoms. The van der Waals surface area contributed by atoms with Gasteiger partial charge < -0.3 is 10.2 Å². The van der Waals surface area contributed by atoms with Gasteiger partial charge in [0.15, 0.2) is 0 Å².